The van der Waals surface area contributed by atoms with E-state index in [0.29, 0.717) is 23.6 Å². The summed E-state index contributed by atoms with van der Waals surface area (Å²) < 4.78 is 15.9. The minimum Gasteiger partial charge on any atom is -0.496 e. The molecular formula is C16H21NO6. The van der Waals surface area contributed by atoms with Crippen LogP contribution in [0.2, 0.25) is 0 Å². The maximum Gasteiger partial charge on any atom is 0.334 e. The first-order valence-electron chi connectivity index (χ1n) is 7.32. The van der Waals surface area contributed by atoms with Gasteiger partial charge in [-0.3, -0.25) is 4.79 Å². The summed E-state index contributed by atoms with van der Waals surface area (Å²) in [6.07, 6.45) is -1.25. The molecule has 1 N–H and O–H groups in total. The standard InChI is InChI=1S/C16H21NO6/c1-10-8-17(9-14(23-10)16(19)20)15(18)7-11-12(21-2)5-4-6-13(11)22-3/h4-6,10,14H,7-9H2,1-3H3,(H,19,20)/t10-,14?/m1/s1. The summed E-state index contributed by atoms with van der Waals surface area (Å²) in [5.74, 6) is -0.124. The predicted octanol–water partition coefficient (Wildman–Crippen LogP) is 0.947. The number of rotatable bonds is 5. The van der Waals surface area contributed by atoms with Crippen LogP contribution in [0.15, 0.2) is 18.2 Å². The summed E-state index contributed by atoms with van der Waals surface area (Å²) in [4.78, 5) is 25.2. The number of morpholine rings is 1. The Balaban J connectivity index is 2.17. The smallest absolute Gasteiger partial charge is 0.334 e. The van der Waals surface area contributed by atoms with Gasteiger partial charge in [0.15, 0.2) is 6.10 Å². The average Bonchev–Trinajstić information content (AvgIpc) is 2.54. The third-order valence-electron chi connectivity index (χ3n) is 3.75. The summed E-state index contributed by atoms with van der Waals surface area (Å²) in [6, 6.07) is 5.29. The molecule has 1 heterocycles. The van der Waals surface area contributed by atoms with Crippen molar-refractivity contribution in [2.75, 3.05) is 27.3 Å². The fourth-order valence-electron chi connectivity index (χ4n) is 2.66. The second-order valence-electron chi connectivity index (χ2n) is 5.39. The minimum atomic E-state index is -1.07. The molecule has 0 saturated carbocycles. The highest BCUT2D eigenvalue weighted by atomic mass is 16.5. The number of amides is 1. The van der Waals surface area contributed by atoms with Crippen LogP contribution in [0, 0.1) is 0 Å². The normalized spacial score (nSPS) is 20.9. The van der Waals surface area contributed by atoms with Gasteiger partial charge in [-0.05, 0) is 19.1 Å². The molecule has 7 nitrogen and oxygen atoms in total. The van der Waals surface area contributed by atoms with E-state index in [1.165, 1.54) is 19.1 Å². The molecule has 2 atom stereocenters. The lowest BCUT2D eigenvalue weighted by Gasteiger charge is -2.35. The largest absolute Gasteiger partial charge is 0.496 e. The summed E-state index contributed by atoms with van der Waals surface area (Å²) in [5.41, 5.74) is 0.647. The Bertz CT molecular complexity index is 566. The molecule has 7 heteroatoms. The first-order valence-corrected chi connectivity index (χ1v) is 7.32. The van der Waals surface area contributed by atoms with Crippen LogP contribution in [0.25, 0.3) is 0 Å². The van der Waals surface area contributed by atoms with Gasteiger partial charge in [0.25, 0.3) is 0 Å². The molecule has 0 aliphatic carbocycles. The van der Waals surface area contributed by atoms with Crippen LogP contribution >= 0.6 is 0 Å². The zero-order valence-electron chi connectivity index (χ0n) is 13.4. The molecule has 1 aliphatic rings. The van der Waals surface area contributed by atoms with Gasteiger partial charge in [-0.1, -0.05) is 6.07 Å². The SMILES string of the molecule is COc1cccc(OC)c1CC(=O)N1CC(C(=O)O)O[C@H](C)C1. The molecule has 0 bridgehead atoms. The molecule has 126 valence electrons. The number of benzene rings is 1. The van der Waals surface area contributed by atoms with Gasteiger partial charge >= 0.3 is 5.97 Å². The molecule has 1 unspecified atom stereocenters. The number of nitrogens with zero attached hydrogens (tertiary/aromatic N) is 1. The molecule has 0 radical (unpaired) electrons. The van der Waals surface area contributed by atoms with Crippen molar-refractivity contribution < 1.29 is 28.9 Å². The molecule has 0 aromatic heterocycles. The second kappa shape index (κ2) is 7.32. The number of hydrogen-bond acceptors (Lipinski definition) is 5. The van der Waals surface area contributed by atoms with Crippen LogP contribution < -0.4 is 9.47 Å². The molecule has 1 aliphatic heterocycles. The Morgan fingerprint density at radius 3 is 2.39 bits per heavy atom. The van der Waals surface area contributed by atoms with E-state index in [1.54, 1.807) is 25.1 Å². The van der Waals surface area contributed by atoms with Gasteiger partial charge in [-0.15, -0.1) is 0 Å². The van der Waals surface area contributed by atoms with E-state index in [4.69, 9.17) is 19.3 Å². The molecule has 1 amide bonds. The third-order valence-corrected chi connectivity index (χ3v) is 3.75. The molecule has 2 rings (SSSR count). The maximum atomic E-state index is 12.6. The number of hydrogen-bond donors (Lipinski definition) is 1. The number of aliphatic carboxylic acids is 1. The lowest BCUT2D eigenvalue weighted by atomic mass is 10.1. The number of carboxylic acid groups (broad SMARTS) is 1. The van der Waals surface area contributed by atoms with E-state index in [9.17, 15) is 9.59 Å². The van der Waals surface area contributed by atoms with Crippen molar-refractivity contribution in [3.05, 3.63) is 23.8 Å². The quantitative estimate of drug-likeness (QED) is 0.868. The van der Waals surface area contributed by atoms with Gasteiger partial charge in [0.1, 0.15) is 11.5 Å². The summed E-state index contributed by atoms with van der Waals surface area (Å²) >= 11 is 0. The zero-order chi connectivity index (χ0) is 17.0. The Kier molecular flexibility index (Phi) is 5.44. The molecule has 1 aromatic rings. The number of ether oxygens (including phenoxy) is 3. The van der Waals surface area contributed by atoms with E-state index in [2.05, 4.69) is 0 Å². The van der Waals surface area contributed by atoms with E-state index < -0.39 is 12.1 Å². The van der Waals surface area contributed by atoms with Crippen LogP contribution in [0.1, 0.15) is 12.5 Å². The van der Waals surface area contributed by atoms with Gasteiger partial charge in [0.2, 0.25) is 5.91 Å². The van der Waals surface area contributed by atoms with Crippen LogP contribution in [0.4, 0.5) is 0 Å². The summed E-state index contributed by atoms with van der Waals surface area (Å²) in [7, 11) is 3.06. The van der Waals surface area contributed by atoms with Crippen molar-refractivity contribution in [1.82, 2.24) is 4.90 Å². The lowest BCUT2D eigenvalue weighted by molar-refractivity contribution is -0.166. The number of carbonyl (C=O) groups excluding carboxylic acids is 1. The van der Waals surface area contributed by atoms with Crippen LogP contribution in [0.5, 0.6) is 11.5 Å². The average molecular weight is 323 g/mol. The van der Waals surface area contributed by atoms with Gasteiger partial charge in [-0.25, -0.2) is 4.79 Å². The van der Waals surface area contributed by atoms with Crippen LogP contribution in [-0.2, 0) is 20.7 Å². The van der Waals surface area contributed by atoms with Crippen molar-refractivity contribution in [3.63, 3.8) is 0 Å². The third kappa shape index (κ3) is 3.92. The minimum absolute atomic E-state index is 0.0377. The number of carboxylic acids is 1. The van der Waals surface area contributed by atoms with E-state index >= 15 is 0 Å². The van der Waals surface area contributed by atoms with E-state index in [1.807, 2.05) is 0 Å². The van der Waals surface area contributed by atoms with Gasteiger partial charge in [0.05, 0.1) is 33.3 Å². The molecular weight excluding hydrogens is 302 g/mol. The highest BCUT2D eigenvalue weighted by molar-refractivity contribution is 5.82. The van der Waals surface area contributed by atoms with Crippen molar-refractivity contribution >= 4 is 11.9 Å². The van der Waals surface area contributed by atoms with Crippen molar-refractivity contribution in [3.8, 4) is 11.5 Å². The monoisotopic (exact) mass is 323 g/mol. The molecule has 23 heavy (non-hydrogen) atoms. The number of methoxy groups -OCH3 is 2. The first-order chi connectivity index (χ1) is 11.0. The van der Waals surface area contributed by atoms with E-state index in [0.717, 1.165) is 0 Å². The molecule has 1 aromatic carbocycles. The maximum absolute atomic E-state index is 12.6. The number of carbonyl (C=O) groups is 2. The van der Waals surface area contributed by atoms with Crippen molar-refractivity contribution in [1.29, 1.82) is 0 Å². The predicted molar refractivity (Wildman–Crippen MR) is 81.8 cm³/mol. The summed E-state index contributed by atoms with van der Waals surface area (Å²) in [5, 5.41) is 9.11. The highest BCUT2D eigenvalue weighted by Crippen LogP contribution is 2.29. The molecule has 1 saturated heterocycles. The fraction of sp³-hybridized carbons (Fsp3) is 0.500. The Morgan fingerprint density at radius 2 is 1.87 bits per heavy atom. The van der Waals surface area contributed by atoms with Gasteiger partial charge in [-0.2, -0.15) is 0 Å². The Labute approximate surface area is 134 Å². The zero-order valence-corrected chi connectivity index (χ0v) is 13.4. The van der Waals surface area contributed by atoms with Crippen molar-refractivity contribution in [2.45, 2.75) is 25.6 Å². The van der Waals surface area contributed by atoms with Crippen molar-refractivity contribution in [2.24, 2.45) is 0 Å². The Hall–Kier alpha value is -2.28. The lowest BCUT2D eigenvalue weighted by Crippen LogP contribution is -2.52. The van der Waals surface area contributed by atoms with Crippen LogP contribution in [-0.4, -0.2) is 61.4 Å². The highest BCUT2D eigenvalue weighted by Gasteiger charge is 2.33. The molecule has 1 fully saturated rings. The summed E-state index contributed by atoms with van der Waals surface area (Å²) in [6.45, 7) is 2.15. The Morgan fingerprint density at radius 1 is 1.26 bits per heavy atom. The molecule has 0 spiro atoms. The topological polar surface area (TPSA) is 85.3 Å². The first kappa shape index (κ1) is 17.1. The van der Waals surface area contributed by atoms with Gasteiger partial charge in [0, 0.05) is 12.1 Å². The van der Waals surface area contributed by atoms with E-state index in [-0.39, 0.29) is 25.0 Å². The van der Waals surface area contributed by atoms with Crippen LogP contribution in [0.3, 0.4) is 0 Å². The fourth-order valence-corrected chi connectivity index (χ4v) is 2.66. The van der Waals surface area contributed by atoms with Gasteiger partial charge < -0.3 is 24.2 Å². The second-order valence-corrected chi connectivity index (χ2v) is 5.39.